The molecule has 3 fully saturated rings. The predicted octanol–water partition coefficient (Wildman–Crippen LogP) is 2.30. The number of pyridine rings is 1. The number of nitrogens with zero attached hydrogens (tertiary/aromatic N) is 4. The van der Waals surface area contributed by atoms with Gasteiger partial charge in [0.25, 0.3) is 0 Å². The molecule has 0 radical (unpaired) electrons. The van der Waals surface area contributed by atoms with Crippen molar-refractivity contribution in [3.63, 3.8) is 0 Å². The van der Waals surface area contributed by atoms with Gasteiger partial charge in [0.15, 0.2) is 11.6 Å². The van der Waals surface area contributed by atoms with E-state index in [1.54, 1.807) is 17.8 Å². The third kappa shape index (κ3) is 2.69. The van der Waals surface area contributed by atoms with Crippen molar-refractivity contribution in [1.82, 2.24) is 14.9 Å². The first-order valence-electron chi connectivity index (χ1n) is 7.75. The fourth-order valence-corrected chi connectivity index (χ4v) is 4.07. The number of amides is 1. The van der Waals surface area contributed by atoms with Crippen LogP contribution in [0, 0.1) is 11.7 Å². The summed E-state index contributed by atoms with van der Waals surface area (Å²) in [5.41, 5.74) is 2.71. The molecule has 3 aliphatic heterocycles. The number of aromatic nitrogens is 2. The van der Waals surface area contributed by atoms with Gasteiger partial charge < -0.3 is 9.80 Å². The molecule has 5 heterocycles. The molecule has 120 valence electrons. The van der Waals surface area contributed by atoms with Gasteiger partial charge in [0, 0.05) is 30.7 Å². The second-order valence-electron chi connectivity index (χ2n) is 6.09. The molecule has 23 heavy (non-hydrogen) atoms. The minimum atomic E-state index is -0.327. The maximum absolute atomic E-state index is 14.1. The van der Waals surface area contributed by atoms with Crippen molar-refractivity contribution in [3.05, 3.63) is 40.7 Å². The second-order valence-corrected chi connectivity index (χ2v) is 6.81. The third-order valence-electron chi connectivity index (χ3n) is 4.65. The summed E-state index contributed by atoms with van der Waals surface area (Å²) in [4.78, 5) is 25.1. The first-order chi connectivity index (χ1) is 11.2. The van der Waals surface area contributed by atoms with Crippen LogP contribution in [0.4, 0.5) is 10.2 Å². The summed E-state index contributed by atoms with van der Waals surface area (Å²) in [7, 11) is 0. The average molecular weight is 332 g/mol. The molecule has 0 aliphatic carbocycles. The highest BCUT2D eigenvalue weighted by Gasteiger charge is 2.41. The minimum Gasteiger partial charge on any atom is -0.351 e. The highest BCUT2D eigenvalue weighted by molar-refractivity contribution is 7.07. The third-order valence-corrected chi connectivity index (χ3v) is 5.28. The van der Waals surface area contributed by atoms with Crippen LogP contribution in [0.3, 0.4) is 0 Å². The molecule has 0 unspecified atom stereocenters. The lowest BCUT2D eigenvalue weighted by Gasteiger charge is -2.35. The molecule has 2 aromatic heterocycles. The summed E-state index contributed by atoms with van der Waals surface area (Å²) in [6.45, 7) is 1.71. The zero-order valence-corrected chi connectivity index (χ0v) is 13.4. The van der Waals surface area contributed by atoms with Crippen LogP contribution in [0.25, 0.3) is 0 Å². The highest BCUT2D eigenvalue weighted by atomic mass is 32.1. The van der Waals surface area contributed by atoms with Crippen molar-refractivity contribution in [2.75, 3.05) is 18.0 Å². The lowest BCUT2D eigenvalue weighted by atomic mass is 9.94. The molecule has 3 aliphatic rings. The minimum absolute atomic E-state index is 0.0874. The Bertz CT molecular complexity index is 708. The molecule has 0 spiro atoms. The van der Waals surface area contributed by atoms with E-state index in [0.29, 0.717) is 25.5 Å². The van der Waals surface area contributed by atoms with Crippen molar-refractivity contribution < 1.29 is 9.18 Å². The number of carbonyl (C=O) groups is 1. The Hall–Kier alpha value is -2.02. The molecule has 5 rings (SSSR count). The van der Waals surface area contributed by atoms with Gasteiger partial charge in [-0.25, -0.2) is 14.4 Å². The highest BCUT2D eigenvalue weighted by Crippen LogP contribution is 2.32. The van der Waals surface area contributed by atoms with Gasteiger partial charge in [-0.1, -0.05) is 0 Å². The maximum Gasteiger partial charge on any atom is 0.228 e. The molecule has 2 atom stereocenters. The zero-order chi connectivity index (χ0) is 15.8. The van der Waals surface area contributed by atoms with E-state index in [1.165, 1.54) is 17.4 Å². The molecule has 0 N–H and O–H groups in total. The summed E-state index contributed by atoms with van der Waals surface area (Å²) in [5, 5.41) is 1.97. The number of hydrogen-bond acceptors (Lipinski definition) is 5. The van der Waals surface area contributed by atoms with Crippen molar-refractivity contribution in [1.29, 1.82) is 0 Å². The lowest BCUT2D eigenvalue weighted by molar-refractivity contribution is -0.140. The van der Waals surface area contributed by atoms with Gasteiger partial charge in [-0.05, 0) is 25.0 Å². The molecular weight excluding hydrogens is 315 g/mol. The Balaban J connectivity index is 1.61. The first-order valence-corrected chi connectivity index (χ1v) is 8.69. The summed E-state index contributed by atoms with van der Waals surface area (Å²) < 4.78 is 14.1. The molecule has 2 bridgehead atoms. The molecule has 1 amide bonds. The van der Waals surface area contributed by atoms with Gasteiger partial charge in [0.05, 0.1) is 23.7 Å². The van der Waals surface area contributed by atoms with Crippen LogP contribution in [0.5, 0.6) is 0 Å². The predicted molar refractivity (Wildman–Crippen MR) is 85.6 cm³/mol. The summed E-state index contributed by atoms with van der Waals surface area (Å²) in [5.74, 6) is 0.0990. The number of piperidine rings is 1. The quantitative estimate of drug-likeness (QED) is 0.865. The number of anilines is 1. The summed E-state index contributed by atoms with van der Waals surface area (Å²) >= 11 is 1.53. The van der Waals surface area contributed by atoms with Gasteiger partial charge in [0.2, 0.25) is 5.91 Å². The van der Waals surface area contributed by atoms with E-state index in [2.05, 4.69) is 9.97 Å². The van der Waals surface area contributed by atoms with Crippen LogP contribution in [0.1, 0.15) is 18.5 Å². The van der Waals surface area contributed by atoms with E-state index in [9.17, 15) is 9.18 Å². The summed E-state index contributed by atoms with van der Waals surface area (Å²) in [6.07, 6.45) is 3.41. The average Bonchev–Trinajstić information content (AvgIpc) is 2.92. The number of halogens is 1. The van der Waals surface area contributed by atoms with Crippen molar-refractivity contribution in [2.24, 2.45) is 5.92 Å². The Morgan fingerprint density at radius 1 is 1.30 bits per heavy atom. The van der Waals surface area contributed by atoms with Crippen LogP contribution >= 0.6 is 11.3 Å². The Labute approximate surface area is 137 Å². The van der Waals surface area contributed by atoms with Crippen LogP contribution in [-0.4, -0.2) is 39.9 Å². The standard InChI is InChI=1S/C16H17FN4OS/c17-14-2-1-5-18-15(14)20-6-11-3-4-13(8-20)21(16(11)22)7-12-9-23-10-19-12/h1-2,5,9-11,13H,3-4,6-8H2/t11-,13+/m0/s1. The topological polar surface area (TPSA) is 49.3 Å². The number of hydrogen-bond donors (Lipinski definition) is 0. The van der Waals surface area contributed by atoms with Crippen molar-refractivity contribution in [2.45, 2.75) is 25.4 Å². The zero-order valence-electron chi connectivity index (χ0n) is 12.6. The molecule has 5 nitrogen and oxygen atoms in total. The molecule has 0 saturated carbocycles. The number of carbonyl (C=O) groups excluding carboxylic acids is 1. The maximum atomic E-state index is 14.1. The number of thiazole rings is 1. The van der Waals surface area contributed by atoms with Gasteiger partial charge in [-0.15, -0.1) is 11.3 Å². The normalized spacial score (nSPS) is 24.1. The van der Waals surface area contributed by atoms with E-state index in [-0.39, 0.29) is 23.7 Å². The molecule has 3 saturated heterocycles. The Morgan fingerprint density at radius 2 is 2.22 bits per heavy atom. The Kier molecular flexibility index (Phi) is 3.72. The van der Waals surface area contributed by atoms with Crippen molar-refractivity contribution >= 4 is 23.1 Å². The summed E-state index contributed by atoms with van der Waals surface area (Å²) in [6, 6.07) is 3.10. The fraction of sp³-hybridized carbons (Fsp3) is 0.438. The van der Waals surface area contributed by atoms with Crippen LogP contribution in [0.2, 0.25) is 0 Å². The monoisotopic (exact) mass is 332 g/mol. The SMILES string of the molecule is O=C1[C@H]2CC[C@H](CN(c3ncccc3F)C2)N1Cc1cscn1. The number of fused-ring (bicyclic) bond motifs is 4. The van der Waals surface area contributed by atoms with E-state index in [4.69, 9.17) is 0 Å². The molecule has 0 aromatic carbocycles. The van der Waals surface area contributed by atoms with E-state index < -0.39 is 0 Å². The van der Waals surface area contributed by atoms with E-state index in [1.807, 2.05) is 15.2 Å². The fourth-order valence-electron chi connectivity index (χ4n) is 3.52. The molecular formula is C16H17FN4OS. The molecule has 2 aromatic rings. The second kappa shape index (κ2) is 5.88. The van der Waals surface area contributed by atoms with E-state index >= 15 is 0 Å². The number of rotatable bonds is 3. The smallest absolute Gasteiger partial charge is 0.228 e. The van der Waals surface area contributed by atoms with Crippen LogP contribution < -0.4 is 4.90 Å². The van der Waals surface area contributed by atoms with Crippen molar-refractivity contribution in [3.8, 4) is 0 Å². The first kappa shape index (κ1) is 14.6. The molecule has 7 heteroatoms. The van der Waals surface area contributed by atoms with Gasteiger partial charge >= 0.3 is 0 Å². The van der Waals surface area contributed by atoms with Gasteiger partial charge in [-0.2, -0.15) is 0 Å². The van der Waals surface area contributed by atoms with Crippen LogP contribution in [-0.2, 0) is 11.3 Å². The van der Waals surface area contributed by atoms with Gasteiger partial charge in [-0.3, -0.25) is 4.79 Å². The van der Waals surface area contributed by atoms with Gasteiger partial charge in [0.1, 0.15) is 0 Å². The lowest BCUT2D eigenvalue weighted by Crippen LogP contribution is -2.47. The Morgan fingerprint density at radius 3 is 3.00 bits per heavy atom. The van der Waals surface area contributed by atoms with Crippen LogP contribution in [0.15, 0.2) is 29.2 Å². The van der Waals surface area contributed by atoms with E-state index in [0.717, 1.165) is 18.5 Å². The largest absolute Gasteiger partial charge is 0.351 e.